The summed E-state index contributed by atoms with van der Waals surface area (Å²) in [6, 6.07) is 4.24. The van der Waals surface area contributed by atoms with E-state index >= 15 is 4.79 Å². The van der Waals surface area contributed by atoms with Crippen molar-refractivity contribution in [2.45, 2.75) is 185 Å². The number of methoxy groups -OCH3 is 3. The summed E-state index contributed by atoms with van der Waals surface area (Å²) in [6.45, 7) is 12.9. The Hall–Kier alpha value is -2.53. The molecule has 1 saturated carbocycles. The second kappa shape index (κ2) is 19.5. The molecule has 0 N–H and O–H groups in total. The molecule has 0 bridgehead atoms. The number of nitrogens with zero attached hydrogens (tertiary/aromatic N) is 2. The lowest BCUT2D eigenvalue weighted by Crippen LogP contribution is -2.59. The summed E-state index contributed by atoms with van der Waals surface area (Å²) in [5, 5.41) is 0.991. The van der Waals surface area contributed by atoms with E-state index in [1.165, 1.54) is 4.88 Å². The van der Waals surface area contributed by atoms with Crippen LogP contribution in [0, 0.1) is 37.5 Å². The number of aromatic nitrogens is 1. The van der Waals surface area contributed by atoms with Crippen LogP contribution in [0.3, 0.4) is 0 Å². The van der Waals surface area contributed by atoms with Gasteiger partial charge in [0.05, 0.1) is 48.1 Å². The predicted octanol–water partition coefficient (Wildman–Crippen LogP) is 7.80. The molecule has 3 unspecified atom stereocenters. The van der Waals surface area contributed by atoms with E-state index in [0.29, 0.717) is 19.4 Å². The molecular formula is C48H70N2O11S. The first-order valence-corrected chi connectivity index (χ1v) is 24.0. The average Bonchev–Trinajstić information content (AvgIpc) is 4.03. The van der Waals surface area contributed by atoms with Gasteiger partial charge in [0.15, 0.2) is 18.4 Å². The van der Waals surface area contributed by atoms with Gasteiger partial charge < -0.3 is 42.3 Å². The first-order valence-electron chi connectivity index (χ1n) is 23.2. The number of hydrogen-bond donors (Lipinski definition) is 0. The second-order valence-electron chi connectivity index (χ2n) is 18.9. The molecule has 3 aliphatic carbocycles. The molecule has 4 fully saturated rings. The number of thiazole rings is 1. The summed E-state index contributed by atoms with van der Waals surface area (Å²) in [5.41, 5.74) is 1.75. The molecule has 3 saturated heterocycles. The lowest BCUT2D eigenvalue weighted by Gasteiger charge is -2.44. The summed E-state index contributed by atoms with van der Waals surface area (Å²) in [5.74, 6) is 1.15. The van der Waals surface area contributed by atoms with E-state index in [2.05, 4.69) is 38.8 Å². The lowest BCUT2D eigenvalue weighted by atomic mass is 9.67. The maximum atomic E-state index is 15.1. The van der Waals surface area contributed by atoms with E-state index in [4.69, 9.17) is 47.3 Å². The van der Waals surface area contributed by atoms with Crippen molar-refractivity contribution in [3.63, 3.8) is 0 Å². The highest BCUT2D eigenvalue weighted by molar-refractivity contribution is 7.11. The number of cyclic esters (lactones) is 1. The number of likely N-dealkylation sites (N-methyl/N-ethyl adjacent to an activating group) is 1. The van der Waals surface area contributed by atoms with Gasteiger partial charge in [-0.2, -0.15) is 0 Å². The van der Waals surface area contributed by atoms with Gasteiger partial charge in [-0.05, 0) is 116 Å². The third-order valence-corrected chi connectivity index (χ3v) is 16.2. The minimum Gasteiger partial charge on any atom is -0.465 e. The van der Waals surface area contributed by atoms with Crippen molar-refractivity contribution >= 4 is 23.1 Å². The number of aryl methyl sites for hydroxylation is 2. The fraction of sp³-hybridized carbons (Fsp3) is 0.771. The Balaban J connectivity index is 1.03. The van der Waals surface area contributed by atoms with Crippen LogP contribution in [0.15, 0.2) is 28.2 Å². The molecule has 0 amide bonds. The van der Waals surface area contributed by atoms with Crippen LogP contribution in [-0.2, 0) is 54.0 Å². The van der Waals surface area contributed by atoms with Crippen molar-refractivity contribution in [3.8, 4) is 0 Å². The third kappa shape index (κ3) is 9.16. The molecule has 5 heterocycles. The first-order chi connectivity index (χ1) is 29.8. The zero-order chi connectivity index (χ0) is 44.0. The van der Waals surface area contributed by atoms with Gasteiger partial charge in [-0.15, -0.1) is 11.3 Å². The van der Waals surface area contributed by atoms with Gasteiger partial charge >= 0.3 is 5.97 Å². The Morgan fingerprint density at radius 2 is 1.66 bits per heavy atom. The standard InChI is InChI=1S/C48H70N2O11S/c1-11-29-13-12-14-38(61-40-18-17-37(26(4)57-40)50(7)23-30-16-15-24(2)56-30)25(3)43(52)35-21-33-32-19-31(60-48-46(55-10)45(54-9)44(53-8)27(5)58-48)20-36(32)47-42(49-28(6)62-47)41(33)34(35)22-39(51)59-29/h15-16,21,25-27,29,31-34,36-38,40-41,44-46,48H,11-14,17-20,22-23H2,1-10H3/t25-,26?,27?,29+,31+,32+,33+,34-,36-,37+,38+,40+,41-,44+,45?,46+,48+/m1/s1. The molecule has 6 aliphatic rings. The zero-order valence-corrected chi connectivity index (χ0v) is 39.2. The van der Waals surface area contributed by atoms with Gasteiger partial charge in [-0.25, -0.2) is 4.98 Å². The van der Waals surface area contributed by atoms with Crippen molar-refractivity contribution in [1.82, 2.24) is 9.88 Å². The molecule has 13 nitrogen and oxygen atoms in total. The first kappa shape index (κ1) is 46.0. The number of Topliss-reactive ketones (excluding diaryl/α,β-unsaturated/α-hetero) is 1. The average molecular weight is 883 g/mol. The minimum absolute atomic E-state index is 0.00794. The summed E-state index contributed by atoms with van der Waals surface area (Å²) in [6.07, 6.45) is 5.26. The molecule has 344 valence electrons. The molecule has 0 radical (unpaired) electrons. The quantitative estimate of drug-likeness (QED) is 0.203. The highest BCUT2D eigenvalue weighted by Gasteiger charge is 2.57. The molecule has 8 rings (SSSR count). The smallest absolute Gasteiger partial charge is 0.306 e. The van der Waals surface area contributed by atoms with Crippen LogP contribution in [0.4, 0.5) is 0 Å². The normalized spacial score (nSPS) is 40.2. The van der Waals surface area contributed by atoms with Crippen LogP contribution in [0.2, 0.25) is 0 Å². The molecule has 0 spiro atoms. The SMILES string of the molecule is CC[C@H]1CCC[C@H](O[C@H]2CC[C@H](N(C)Cc3ccc(C)o3)C(C)O2)[C@@H](C)C(=O)C2=C[C@H]3[C@@H]4C[C@H](O[C@@H]5OC(C)[C@H](OC)C(OC)[C@@H]5OC)C[C@H]4c4sc(C)nc4[C@H]3[C@@H]2CC(=O)O1. The van der Waals surface area contributed by atoms with E-state index in [1.807, 2.05) is 32.9 Å². The highest BCUT2D eigenvalue weighted by Crippen LogP contribution is 2.62. The number of rotatable bonds is 11. The Kier molecular flexibility index (Phi) is 14.5. The van der Waals surface area contributed by atoms with Crippen LogP contribution in [0.5, 0.6) is 0 Å². The molecule has 62 heavy (non-hydrogen) atoms. The Labute approximate surface area is 371 Å². The lowest BCUT2D eigenvalue weighted by molar-refractivity contribution is -0.314. The van der Waals surface area contributed by atoms with Crippen molar-refractivity contribution in [2.24, 2.45) is 23.7 Å². The number of hydrogen-bond acceptors (Lipinski definition) is 14. The van der Waals surface area contributed by atoms with Crippen LogP contribution in [0.25, 0.3) is 0 Å². The Morgan fingerprint density at radius 1 is 0.887 bits per heavy atom. The Bertz CT molecular complexity index is 1900. The Morgan fingerprint density at radius 3 is 2.35 bits per heavy atom. The number of furan rings is 1. The minimum atomic E-state index is -0.638. The zero-order valence-electron chi connectivity index (χ0n) is 38.4. The maximum Gasteiger partial charge on any atom is 0.306 e. The van der Waals surface area contributed by atoms with Crippen LogP contribution < -0.4 is 0 Å². The van der Waals surface area contributed by atoms with Gasteiger partial charge in [0.1, 0.15) is 35.9 Å². The molecule has 17 atom stereocenters. The molecule has 2 aromatic heterocycles. The van der Waals surface area contributed by atoms with Gasteiger partial charge in [0, 0.05) is 55.9 Å². The van der Waals surface area contributed by atoms with E-state index in [0.717, 1.165) is 66.3 Å². The van der Waals surface area contributed by atoms with E-state index < -0.39 is 24.6 Å². The largest absolute Gasteiger partial charge is 0.465 e. The van der Waals surface area contributed by atoms with Gasteiger partial charge in [-0.3, -0.25) is 14.5 Å². The van der Waals surface area contributed by atoms with Crippen LogP contribution >= 0.6 is 11.3 Å². The third-order valence-electron chi connectivity index (χ3n) is 15.1. The number of esters is 1. The molecule has 3 aliphatic heterocycles. The van der Waals surface area contributed by atoms with E-state index in [1.54, 1.807) is 32.7 Å². The summed E-state index contributed by atoms with van der Waals surface area (Å²) >= 11 is 1.74. The molecule has 2 aromatic rings. The van der Waals surface area contributed by atoms with Gasteiger partial charge in [0.2, 0.25) is 0 Å². The van der Waals surface area contributed by atoms with Crippen molar-refractivity contribution in [3.05, 3.63) is 50.9 Å². The van der Waals surface area contributed by atoms with Gasteiger partial charge in [0.25, 0.3) is 0 Å². The highest BCUT2D eigenvalue weighted by atomic mass is 32.1. The number of fused-ring (bicyclic) bond motifs is 8. The molecular weight excluding hydrogens is 813 g/mol. The fourth-order valence-electron chi connectivity index (χ4n) is 12.0. The maximum absolute atomic E-state index is 15.1. The summed E-state index contributed by atoms with van der Waals surface area (Å²) in [7, 11) is 7.10. The predicted molar refractivity (Wildman–Crippen MR) is 232 cm³/mol. The monoisotopic (exact) mass is 882 g/mol. The van der Waals surface area contributed by atoms with Crippen molar-refractivity contribution < 1.29 is 51.9 Å². The number of ketones is 1. The number of carbonyl (C=O) groups excluding carboxylic acids is 2. The summed E-state index contributed by atoms with van der Waals surface area (Å²) in [4.78, 5) is 37.8. The number of ether oxygens (including phenoxy) is 8. The van der Waals surface area contributed by atoms with Gasteiger partial charge in [-0.1, -0.05) is 19.9 Å². The number of carbonyl (C=O) groups is 2. The van der Waals surface area contributed by atoms with E-state index in [9.17, 15) is 4.79 Å². The van der Waals surface area contributed by atoms with Crippen LogP contribution in [0.1, 0.15) is 124 Å². The van der Waals surface area contributed by atoms with E-state index in [-0.39, 0.29) is 96.5 Å². The topological polar surface area (TPSA) is 137 Å². The van der Waals surface area contributed by atoms with Crippen molar-refractivity contribution in [2.75, 3.05) is 28.4 Å². The van der Waals surface area contributed by atoms with Crippen LogP contribution in [-0.4, -0.2) is 117 Å². The summed E-state index contributed by atoms with van der Waals surface area (Å²) < 4.78 is 56.4. The second-order valence-corrected chi connectivity index (χ2v) is 20.2. The van der Waals surface area contributed by atoms with Crippen molar-refractivity contribution in [1.29, 1.82) is 0 Å². The fourth-order valence-corrected chi connectivity index (χ4v) is 13.2. The molecule has 14 heteroatoms. The molecule has 0 aromatic carbocycles. The number of allylic oxidation sites excluding steroid dienone is 2.